The lowest BCUT2D eigenvalue weighted by Gasteiger charge is -2.35. The van der Waals surface area contributed by atoms with Crippen molar-refractivity contribution in [1.82, 2.24) is 15.8 Å². The first-order valence-corrected chi connectivity index (χ1v) is 9.74. The van der Waals surface area contributed by atoms with Gasteiger partial charge in [-0.25, -0.2) is 0 Å². The first-order valence-electron chi connectivity index (χ1n) is 9.74. The molecule has 1 amide bonds. The number of carbonyl (C=O) groups excluding carboxylic acids is 1. The van der Waals surface area contributed by atoms with Crippen LogP contribution in [0.2, 0.25) is 0 Å². The molecule has 1 spiro atoms. The molecule has 6 heteroatoms. The highest BCUT2D eigenvalue weighted by atomic mass is 16.2. The van der Waals surface area contributed by atoms with Crippen molar-refractivity contribution in [3.8, 4) is 6.19 Å². The highest BCUT2D eigenvalue weighted by Gasteiger charge is 2.47. The van der Waals surface area contributed by atoms with E-state index in [9.17, 15) is 10.1 Å². The van der Waals surface area contributed by atoms with E-state index >= 15 is 0 Å². The van der Waals surface area contributed by atoms with Crippen LogP contribution in [0.25, 0.3) is 0 Å². The molecular weight excluding hydrogens is 326 g/mol. The maximum Gasteiger partial charge on any atom is 0.232 e. The highest BCUT2D eigenvalue weighted by molar-refractivity contribution is 5.99. The van der Waals surface area contributed by atoms with Gasteiger partial charge in [-0.15, -0.1) is 0 Å². The van der Waals surface area contributed by atoms with Crippen LogP contribution in [0.3, 0.4) is 0 Å². The van der Waals surface area contributed by atoms with Gasteiger partial charge in [-0.1, -0.05) is 12.1 Å². The minimum absolute atomic E-state index is 0.0808. The topological polar surface area (TPSA) is 80.2 Å². The zero-order valence-corrected chi connectivity index (χ0v) is 14.9. The van der Waals surface area contributed by atoms with Crippen molar-refractivity contribution < 1.29 is 4.79 Å². The first-order chi connectivity index (χ1) is 12.7. The van der Waals surface area contributed by atoms with E-state index < -0.39 is 5.41 Å². The number of carbonyl (C=O) groups is 1. The third-order valence-electron chi connectivity index (χ3n) is 7.00. The number of rotatable bonds is 1. The van der Waals surface area contributed by atoms with Crippen molar-refractivity contribution in [2.24, 2.45) is 11.3 Å². The molecule has 1 aliphatic carbocycles. The Balaban J connectivity index is 1.40. The molecule has 3 heterocycles. The summed E-state index contributed by atoms with van der Waals surface area (Å²) in [7, 11) is 0. The molecule has 0 radical (unpaired) electrons. The van der Waals surface area contributed by atoms with Gasteiger partial charge in [-0.05, 0) is 61.1 Å². The van der Waals surface area contributed by atoms with E-state index in [2.05, 4.69) is 40.6 Å². The number of hydrogen-bond donors (Lipinski definition) is 3. The standard InChI is InChI=1S/C20H25N5O/c21-12-25-6-5-20(11-25)9-16-7-13(3-4-17(16)23-19(20)26)14-1-2-15-10-22-24-18(15)8-14/h3-4,7,14-15,18,22,24H,1-2,5-6,8-11H2,(H,23,26). The van der Waals surface area contributed by atoms with Crippen LogP contribution in [0.15, 0.2) is 18.2 Å². The summed E-state index contributed by atoms with van der Waals surface area (Å²) >= 11 is 0. The van der Waals surface area contributed by atoms with Crippen LogP contribution in [-0.4, -0.2) is 36.5 Å². The Kier molecular flexibility index (Phi) is 3.70. The van der Waals surface area contributed by atoms with E-state index in [4.69, 9.17) is 0 Å². The lowest BCUT2D eigenvalue weighted by molar-refractivity contribution is -0.125. The Labute approximate surface area is 153 Å². The SMILES string of the molecule is N#CN1CCC2(Cc3cc(C4CCC5CNNC5C4)ccc3NC2=O)C1. The van der Waals surface area contributed by atoms with Crippen LogP contribution in [0, 0.1) is 22.8 Å². The molecular formula is C20H25N5O. The number of hydrazine groups is 1. The predicted molar refractivity (Wildman–Crippen MR) is 98.0 cm³/mol. The summed E-state index contributed by atoms with van der Waals surface area (Å²) in [4.78, 5) is 14.4. The zero-order chi connectivity index (χ0) is 17.7. The Morgan fingerprint density at radius 3 is 3.08 bits per heavy atom. The lowest BCUT2D eigenvalue weighted by Crippen LogP contribution is -2.43. The number of nitrogens with zero attached hydrogens (tertiary/aromatic N) is 2. The molecule has 1 aromatic rings. The van der Waals surface area contributed by atoms with Crippen molar-refractivity contribution in [1.29, 1.82) is 5.26 Å². The summed E-state index contributed by atoms with van der Waals surface area (Å²) in [5.41, 5.74) is 9.90. The minimum Gasteiger partial charge on any atom is -0.325 e. The van der Waals surface area contributed by atoms with Crippen molar-refractivity contribution in [2.45, 2.75) is 44.1 Å². The number of nitrogens with one attached hydrogen (secondary N) is 3. The van der Waals surface area contributed by atoms with Gasteiger partial charge in [0.05, 0.1) is 5.41 Å². The van der Waals surface area contributed by atoms with Gasteiger partial charge in [0.15, 0.2) is 6.19 Å². The molecule has 26 heavy (non-hydrogen) atoms. The second-order valence-electron chi connectivity index (χ2n) is 8.50. The van der Waals surface area contributed by atoms with Gasteiger partial charge >= 0.3 is 0 Å². The second kappa shape index (κ2) is 5.97. The summed E-state index contributed by atoms with van der Waals surface area (Å²) in [6, 6.07) is 7.17. The first kappa shape index (κ1) is 16.1. The molecule has 4 unspecified atom stereocenters. The molecule has 3 fully saturated rings. The molecule has 4 aliphatic rings. The van der Waals surface area contributed by atoms with Crippen LogP contribution >= 0.6 is 0 Å². The molecule has 1 aromatic carbocycles. The fraction of sp³-hybridized carbons (Fsp3) is 0.600. The van der Waals surface area contributed by atoms with Crippen LogP contribution in [0.5, 0.6) is 0 Å². The molecule has 3 N–H and O–H groups in total. The quantitative estimate of drug-likeness (QED) is 0.671. The molecule has 1 saturated carbocycles. The average molecular weight is 351 g/mol. The van der Waals surface area contributed by atoms with Crippen molar-refractivity contribution in [3.05, 3.63) is 29.3 Å². The zero-order valence-electron chi connectivity index (χ0n) is 14.9. The summed E-state index contributed by atoms with van der Waals surface area (Å²) < 4.78 is 0. The number of nitriles is 1. The third-order valence-corrected chi connectivity index (χ3v) is 7.00. The normalized spacial score (nSPS) is 35.7. The molecule has 5 rings (SSSR count). The van der Waals surface area contributed by atoms with Crippen LogP contribution in [0.1, 0.15) is 42.7 Å². The number of likely N-dealkylation sites (tertiary alicyclic amines) is 1. The van der Waals surface area contributed by atoms with Gasteiger partial charge < -0.3 is 10.2 Å². The Morgan fingerprint density at radius 1 is 1.31 bits per heavy atom. The largest absolute Gasteiger partial charge is 0.325 e. The summed E-state index contributed by atoms with van der Waals surface area (Å²) in [5.74, 6) is 1.43. The van der Waals surface area contributed by atoms with E-state index in [1.54, 1.807) is 4.90 Å². The lowest BCUT2D eigenvalue weighted by atomic mass is 9.74. The van der Waals surface area contributed by atoms with E-state index in [-0.39, 0.29) is 5.91 Å². The molecule has 6 nitrogen and oxygen atoms in total. The van der Waals surface area contributed by atoms with Gasteiger partial charge in [0.2, 0.25) is 5.91 Å². The van der Waals surface area contributed by atoms with E-state index in [0.717, 1.165) is 31.0 Å². The van der Waals surface area contributed by atoms with E-state index in [1.165, 1.54) is 30.4 Å². The number of hydrogen-bond acceptors (Lipinski definition) is 5. The number of anilines is 1. The summed E-state index contributed by atoms with van der Waals surface area (Å²) in [6.07, 6.45) is 7.40. The van der Waals surface area contributed by atoms with Gasteiger partial charge in [-0.3, -0.25) is 15.6 Å². The molecule has 0 bridgehead atoms. The summed E-state index contributed by atoms with van der Waals surface area (Å²) in [5, 5.41) is 12.3. The van der Waals surface area contributed by atoms with Gasteiger partial charge in [0.1, 0.15) is 0 Å². The third kappa shape index (κ3) is 2.50. The average Bonchev–Trinajstić information content (AvgIpc) is 3.29. The highest BCUT2D eigenvalue weighted by Crippen LogP contribution is 2.43. The molecule has 3 aliphatic heterocycles. The fourth-order valence-electron chi connectivity index (χ4n) is 5.40. The Hall–Kier alpha value is -2.10. The molecule has 4 atom stereocenters. The number of amides is 1. The maximum atomic E-state index is 12.7. The smallest absolute Gasteiger partial charge is 0.232 e. The fourth-order valence-corrected chi connectivity index (χ4v) is 5.40. The Bertz CT molecular complexity index is 787. The second-order valence-corrected chi connectivity index (χ2v) is 8.50. The van der Waals surface area contributed by atoms with Gasteiger partial charge in [0, 0.05) is 31.4 Å². The molecule has 2 saturated heterocycles. The van der Waals surface area contributed by atoms with Crippen LogP contribution in [0.4, 0.5) is 5.69 Å². The number of fused-ring (bicyclic) bond motifs is 2. The number of benzene rings is 1. The van der Waals surface area contributed by atoms with Crippen molar-refractivity contribution >= 4 is 11.6 Å². The minimum atomic E-state index is -0.435. The van der Waals surface area contributed by atoms with E-state index in [1.807, 2.05) is 0 Å². The monoisotopic (exact) mass is 351 g/mol. The van der Waals surface area contributed by atoms with Crippen LogP contribution in [-0.2, 0) is 11.2 Å². The van der Waals surface area contributed by atoms with Gasteiger partial charge in [0.25, 0.3) is 0 Å². The Morgan fingerprint density at radius 2 is 2.23 bits per heavy atom. The van der Waals surface area contributed by atoms with Crippen molar-refractivity contribution in [2.75, 3.05) is 25.0 Å². The van der Waals surface area contributed by atoms with E-state index in [0.29, 0.717) is 25.0 Å². The predicted octanol–water partition coefficient (Wildman–Crippen LogP) is 1.71. The van der Waals surface area contributed by atoms with Gasteiger partial charge in [-0.2, -0.15) is 5.26 Å². The maximum absolute atomic E-state index is 12.7. The summed E-state index contributed by atoms with van der Waals surface area (Å²) in [6.45, 7) is 2.32. The van der Waals surface area contributed by atoms with Crippen LogP contribution < -0.4 is 16.2 Å². The molecule has 0 aromatic heterocycles. The van der Waals surface area contributed by atoms with Crippen molar-refractivity contribution in [3.63, 3.8) is 0 Å². The molecule has 136 valence electrons.